The van der Waals surface area contributed by atoms with E-state index in [1.807, 2.05) is 0 Å². The van der Waals surface area contributed by atoms with Crippen molar-refractivity contribution in [2.24, 2.45) is 0 Å². The number of rotatable bonds is 2. The monoisotopic (exact) mass is 220 g/mol. The van der Waals surface area contributed by atoms with Crippen molar-refractivity contribution in [3.8, 4) is 0 Å². The average molecular weight is 220 g/mol. The number of esters is 1. The molecule has 0 saturated carbocycles. The smallest absolute Gasteiger partial charge is 0.344 e. The van der Waals surface area contributed by atoms with E-state index in [4.69, 9.17) is 9.47 Å². The first-order chi connectivity index (χ1) is 7.45. The number of cyclic esters (lactones) is 1. The second-order valence-corrected chi connectivity index (χ2v) is 3.79. The topological polar surface area (TPSA) is 35.5 Å². The molecule has 1 rings (SSSR count). The second kappa shape index (κ2) is 4.39. The van der Waals surface area contributed by atoms with Crippen molar-refractivity contribution < 1.29 is 14.3 Å². The van der Waals surface area contributed by atoms with Gasteiger partial charge in [0.2, 0.25) is 5.79 Å². The van der Waals surface area contributed by atoms with Gasteiger partial charge in [0.1, 0.15) is 5.76 Å². The fraction of sp³-hybridized carbons (Fsp3) is 0.308. The molecule has 86 valence electrons. The number of hydrogen-bond donors (Lipinski definition) is 0. The fourth-order valence-electron chi connectivity index (χ4n) is 1.42. The van der Waals surface area contributed by atoms with Crippen LogP contribution in [0.4, 0.5) is 0 Å². The Labute approximate surface area is 95.7 Å². The van der Waals surface area contributed by atoms with Crippen LogP contribution in [0.5, 0.6) is 0 Å². The Morgan fingerprint density at radius 3 is 2.25 bits per heavy atom. The van der Waals surface area contributed by atoms with Gasteiger partial charge < -0.3 is 9.47 Å². The van der Waals surface area contributed by atoms with Crippen LogP contribution in [0, 0.1) is 0 Å². The predicted octanol–water partition coefficient (Wildman–Crippen LogP) is 2.87. The predicted molar refractivity (Wildman–Crippen MR) is 62.4 cm³/mol. The summed E-state index contributed by atoms with van der Waals surface area (Å²) < 4.78 is 10.7. The van der Waals surface area contributed by atoms with E-state index in [0.29, 0.717) is 16.9 Å². The van der Waals surface area contributed by atoms with Crippen LogP contribution in [0.15, 0.2) is 48.3 Å². The zero-order chi connectivity index (χ0) is 12.3. The van der Waals surface area contributed by atoms with Gasteiger partial charge in [-0.1, -0.05) is 31.4 Å². The lowest BCUT2D eigenvalue weighted by Gasteiger charge is -2.33. The van der Waals surface area contributed by atoms with Crippen molar-refractivity contribution in [1.82, 2.24) is 0 Å². The first-order valence-corrected chi connectivity index (χ1v) is 5.03. The summed E-state index contributed by atoms with van der Waals surface area (Å²) in [5.41, 5.74) is 1.08. The third-order valence-corrected chi connectivity index (χ3v) is 2.14. The van der Waals surface area contributed by atoms with Gasteiger partial charge >= 0.3 is 5.97 Å². The Morgan fingerprint density at radius 1 is 1.25 bits per heavy atom. The van der Waals surface area contributed by atoms with Crippen LogP contribution in [0.25, 0.3) is 0 Å². The quantitative estimate of drug-likeness (QED) is 0.530. The number of ether oxygens (including phenoxy) is 2. The summed E-state index contributed by atoms with van der Waals surface area (Å²) in [6.45, 7) is 12.4. The van der Waals surface area contributed by atoms with E-state index >= 15 is 0 Å². The number of hydrogen-bond acceptors (Lipinski definition) is 3. The molecule has 0 aromatic carbocycles. The summed E-state index contributed by atoms with van der Waals surface area (Å²) in [4.78, 5) is 11.7. The minimum Gasteiger partial charge on any atom is -0.451 e. The molecule has 3 heteroatoms. The molecule has 1 aliphatic rings. The van der Waals surface area contributed by atoms with Gasteiger partial charge in [-0.3, -0.25) is 0 Å². The third-order valence-electron chi connectivity index (χ3n) is 2.14. The van der Waals surface area contributed by atoms with Crippen molar-refractivity contribution in [2.45, 2.75) is 26.6 Å². The maximum absolute atomic E-state index is 11.7. The van der Waals surface area contributed by atoms with Gasteiger partial charge in [0.05, 0.1) is 5.57 Å². The Kier molecular flexibility index (Phi) is 3.38. The molecule has 0 N–H and O–H groups in total. The molecule has 0 atom stereocenters. The van der Waals surface area contributed by atoms with Crippen LogP contribution in [-0.2, 0) is 14.3 Å². The van der Waals surface area contributed by atoms with E-state index in [2.05, 4.69) is 13.2 Å². The highest BCUT2D eigenvalue weighted by Crippen LogP contribution is 2.32. The van der Waals surface area contributed by atoms with Gasteiger partial charge in [-0.05, 0) is 6.92 Å². The molecule has 3 nitrogen and oxygen atoms in total. The molecule has 0 aromatic rings. The van der Waals surface area contributed by atoms with E-state index in [1.165, 1.54) is 0 Å². The summed E-state index contributed by atoms with van der Waals surface area (Å²) in [7, 11) is 0. The molecule has 0 aliphatic carbocycles. The van der Waals surface area contributed by atoms with Gasteiger partial charge in [-0.2, -0.15) is 0 Å². The highest BCUT2D eigenvalue weighted by molar-refractivity contribution is 5.94. The lowest BCUT2D eigenvalue weighted by atomic mass is 10.1. The van der Waals surface area contributed by atoms with Crippen LogP contribution in [0.1, 0.15) is 20.8 Å². The van der Waals surface area contributed by atoms with Crippen LogP contribution >= 0.6 is 0 Å². The zero-order valence-corrected chi connectivity index (χ0v) is 9.87. The molecule has 0 radical (unpaired) electrons. The number of carbonyl (C=O) groups is 1. The van der Waals surface area contributed by atoms with E-state index in [0.717, 1.165) is 0 Å². The lowest BCUT2D eigenvalue weighted by Crippen LogP contribution is -2.38. The van der Waals surface area contributed by atoms with Crippen molar-refractivity contribution in [3.63, 3.8) is 0 Å². The fourth-order valence-corrected chi connectivity index (χ4v) is 1.42. The molecule has 1 heterocycles. The van der Waals surface area contributed by atoms with E-state index in [9.17, 15) is 4.79 Å². The molecule has 0 amide bonds. The van der Waals surface area contributed by atoms with Crippen LogP contribution < -0.4 is 0 Å². The maximum Gasteiger partial charge on any atom is 0.344 e. The molecule has 16 heavy (non-hydrogen) atoms. The number of allylic oxidation sites excluding steroid dienone is 4. The van der Waals surface area contributed by atoms with Crippen LogP contribution in [0.2, 0.25) is 0 Å². The molecule has 1 aliphatic heterocycles. The highest BCUT2D eigenvalue weighted by Gasteiger charge is 2.36. The summed E-state index contributed by atoms with van der Waals surface area (Å²) in [6, 6.07) is 0. The first-order valence-electron chi connectivity index (χ1n) is 5.03. The number of carbonyl (C=O) groups excluding carboxylic acids is 1. The van der Waals surface area contributed by atoms with Crippen LogP contribution in [-0.4, -0.2) is 11.8 Å². The van der Waals surface area contributed by atoms with Gasteiger partial charge in [-0.25, -0.2) is 4.79 Å². The Hall–Kier alpha value is -1.77. The first kappa shape index (κ1) is 12.3. The van der Waals surface area contributed by atoms with Gasteiger partial charge in [-0.15, -0.1) is 0 Å². The molecule has 0 spiro atoms. The minimum atomic E-state index is -0.962. The average Bonchev–Trinajstić information content (AvgIpc) is 2.17. The normalized spacial score (nSPS) is 21.1. The molecule has 0 bridgehead atoms. The largest absolute Gasteiger partial charge is 0.451 e. The van der Waals surface area contributed by atoms with Crippen LogP contribution in [0.3, 0.4) is 0 Å². The molecular weight excluding hydrogens is 204 g/mol. The zero-order valence-electron chi connectivity index (χ0n) is 9.87. The summed E-state index contributed by atoms with van der Waals surface area (Å²) in [5, 5.41) is 0. The van der Waals surface area contributed by atoms with Gasteiger partial charge in [0.25, 0.3) is 0 Å². The Balaban J connectivity index is 3.33. The molecular formula is C13H16O3. The van der Waals surface area contributed by atoms with Crippen molar-refractivity contribution in [2.75, 3.05) is 0 Å². The van der Waals surface area contributed by atoms with E-state index in [-0.39, 0.29) is 0 Å². The maximum atomic E-state index is 11.7. The Morgan fingerprint density at radius 2 is 1.81 bits per heavy atom. The van der Waals surface area contributed by atoms with Gasteiger partial charge in [0, 0.05) is 19.4 Å². The standard InChI is InChI=1S/C13H16O3/c1-6-9(7-2)11-10(8-3)12(14)16-13(4,5)15-11/h6-8H,1-2H2,3-5H3/b10-8+. The Bertz CT molecular complexity index is 387. The summed E-state index contributed by atoms with van der Waals surface area (Å²) in [6.07, 6.45) is 4.85. The van der Waals surface area contributed by atoms with Crippen molar-refractivity contribution in [3.05, 3.63) is 48.3 Å². The minimum absolute atomic E-state index is 0.394. The van der Waals surface area contributed by atoms with Crippen molar-refractivity contribution in [1.29, 1.82) is 0 Å². The molecule has 1 fully saturated rings. The molecule has 0 unspecified atom stereocenters. The highest BCUT2D eigenvalue weighted by atomic mass is 16.7. The van der Waals surface area contributed by atoms with Gasteiger partial charge in [0.15, 0.2) is 0 Å². The van der Waals surface area contributed by atoms with Crippen molar-refractivity contribution >= 4 is 5.97 Å². The van der Waals surface area contributed by atoms with E-state index < -0.39 is 11.8 Å². The summed E-state index contributed by atoms with van der Waals surface area (Å²) >= 11 is 0. The summed E-state index contributed by atoms with van der Waals surface area (Å²) in [5.74, 6) is -0.889. The lowest BCUT2D eigenvalue weighted by molar-refractivity contribution is -0.208. The SMILES string of the molecule is C=CC(C=C)=C1OC(C)(C)OC(=O)/C1=C/C. The third kappa shape index (κ3) is 2.24. The molecule has 1 saturated heterocycles. The van der Waals surface area contributed by atoms with E-state index in [1.54, 1.807) is 39.0 Å². The molecule has 0 aromatic heterocycles. The second-order valence-electron chi connectivity index (χ2n) is 3.79.